The van der Waals surface area contributed by atoms with Crippen molar-refractivity contribution in [3.8, 4) is 11.5 Å². The molecule has 0 aliphatic rings. The summed E-state index contributed by atoms with van der Waals surface area (Å²) in [4.78, 5) is 39.2. The molecule has 172 valence electrons. The summed E-state index contributed by atoms with van der Waals surface area (Å²) in [6.45, 7) is -0.324. The molecular formula is C24H24N2O7. The van der Waals surface area contributed by atoms with Gasteiger partial charge in [0.15, 0.2) is 18.1 Å². The third-order valence-corrected chi connectivity index (χ3v) is 4.84. The standard InChI is InChI=1S/C24H24N2O7/c1-26(19-11-5-4-9-17(19)23(28)25-14-16-8-7-13-32-16)21(27)15-33-24(29)18-10-6-12-20(30-2)22(18)31-3/h4-13H,14-15H2,1-3H3,(H,25,28). The van der Waals surface area contributed by atoms with E-state index >= 15 is 0 Å². The van der Waals surface area contributed by atoms with E-state index in [4.69, 9.17) is 18.6 Å². The highest BCUT2D eigenvalue weighted by Crippen LogP contribution is 2.31. The van der Waals surface area contributed by atoms with Gasteiger partial charge in [-0.15, -0.1) is 0 Å². The van der Waals surface area contributed by atoms with E-state index in [2.05, 4.69) is 5.32 Å². The molecule has 1 aromatic heterocycles. The summed E-state index contributed by atoms with van der Waals surface area (Å²) >= 11 is 0. The molecule has 0 saturated heterocycles. The van der Waals surface area contributed by atoms with Gasteiger partial charge in [0.1, 0.15) is 11.3 Å². The fraction of sp³-hybridized carbons (Fsp3) is 0.208. The van der Waals surface area contributed by atoms with Crippen LogP contribution in [-0.2, 0) is 16.1 Å². The van der Waals surface area contributed by atoms with Crippen molar-refractivity contribution >= 4 is 23.5 Å². The van der Waals surface area contributed by atoms with Gasteiger partial charge in [-0.2, -0.15) is 0 Å². The molecule has 0 spiro atoms. The van der Waals surface area contributed by atoms with Crippen LogP contribution < -0.4 is 19.7 Å². The third kappa shape index (κ3) is 5.51. The van der Waals surface area contributed by atoms with Gasteiger partial charge in [0.05, 0.1) is 38.3 Å². The Balaban J connectivity index is 1.67. The zero-order valence-corrected chi connectivity index (χ0v) is 18.5. The first-order valence-corrected chi connectivity index (χ1v) is 10.0. The van der Waals surface area contributed by atoms with E-state index in [1.165, 1.54) is 38.5 Å². The number of para-hydroxylation sites is 2. The second-order valence-corrected chi connectivity index (χ2v) is 6.85. The number of furan rings is 1. The van der Waals surface area contributed by atoms with Crippen LogP contribution in [0.2, 0.25) is 0 Å². The number of anilines is 1. The van der Waals surface area contributed by atoms with Crippen LogP contribution in [-0.4, -0.2) is 45.7 Å². The molecule has 3 rings (SSSR count). The van der Waals surface area contributed by atoms with Crippen LogP contribution in [0.3, 0.4) is 0 Å². The van der Waals surface area contributed by atoms with Crippen LogP contribution in [0.5, 0.6) is 11.5 Å². The smallest absolute Gasteiger partial charge is 0.342 e. The van der Waals surface area contributed by atoms with Crippen LogP contribution in [0, 0.1) is 0 Å². The summed E-state index contributed by atoms with van der Waals surface area (Å²) in [7, 11) is 4.36. The number of carbonyl (C=O) groups excluding carboxylic acids is 3. The zero-order valence-electron chi connectivity index (χ0n) is 18.5. The summed E-state index contributed by atoms with van der Waals surface area (Å²) in [6.07, 6.45) is 1.52. The first-order valence-electron chi connectivity index (χ1n) is 10.0. The molecule has 2 amide bonds. The number of likely N-dealkylation sites (N-methyl/N-ethyl adjacent to an activating group) is 1. The Hall–Kier alpha value is -4.27. The molecule has 0 unspecified atom stereocenters. The van der Waals surface area contributed by atoms with Crippen molar-refractivity contribution in [3.05, 3.63) is 77.7 Å². The number of benzene rings is 2. The molecule has 0 bridgehead atoms. The molecule has 0 saturated carbocycles. The Kier molecular flexibility index (Phi) is 7.69. The Bertz CT molecular complexity index is 1130. The average molecular weight is 452 g/mol. The molecule has 0 aliphatic carbocycles. The maximum absolute atomic E-state index is 12.7. The van der Waals surface area contributed by atoms with Gasteiger partial charge in [0, 0.05) is 7.05 Å². The zero-order chi connectivity index (χ0) is 23.8. The van der Waals surface area contributed by atoms with E-state index in [1.807, 2.05) is 0 Å². The minimum atomic E-state index is -0.739. The van der Waals surface area contributed by atoms with E-state index in [0.717, 1.165) is 0 Å². The summed E-state index contributed by atoms with van der Waals surface area (Å²) in [5, 5.41) is 2.75. The van der Waals surface area contributed by atoms with Crippen molar-refractivity contribution in [2.24, 2.45) is 0 Å². The normalized spacial score (nSPS) is 10.3. The first kappa shape index (κ1) is 23.4. The molecule has 1 N–H and O–H groups in total. The molecule has 2 aromatic carbocycles. The van der Waals surface area contributed by atoms with Crippen LogP contribution >= 0.6 is 0 Å². The van der Waals surface area contributed by atoms with Crippen molar-refractivity contribution in [2.45, 2.75) is 6.54 Å². The Labute approximate surface area is 190 Å². The molecule has 9 nitrogen and oxygen atoms in total. The third-order valence-electron chi connectivity index (χ3n) is 4.84. The molecule has 3 aromatic rings. The lowest BCUT2D eigenvalue weighted by molar-refractivity contribution is -0.121. The van der Waals surface area contributed by atoms with Gasteiger partial charge in [-0.1, -0.05) is 18.2 Å². The SMILES string of the molecule is COc1cccc(C(=O)OCC(=O)N(C)c2ccccc2C(=O)NCc2ccco2)c1OC. The minimum Gasteiger partial charge on any atom is -0.493 e. The second kappa shape index (κ2) is 10.9. The van der Waals surface area contributed by atoms with Crippen molar-refractivity contribution in [1.29, 1.82) is 0 Å². The number of hydrogen-bond donors (Lipinski definition) is 1. The Morgan fingerprint density at radius 1 is 0.939 bits per heavy atom. The molecule has 33 heavy (non-hydrogen) atoms. The Morgan fingerprint density at radius 2 is 1.70 bits per heavy atom. The minimum absolute atomic E-state index is 0.130. The number of carbonyl (C=O) groups is 3. The number of rotatable bonds is 9. The molecule has 9 heteroatoms. The highest BCUT2D eigenvalue weighted by Gasteiger charge is 2.22. The lowest BCUT2D eigenvalue weighted by Gasteiger charge is -2.20. The lowest BCUT2D eigenvalue weighted by Crippen LogP contribution is -2.33. The number of methoxy groups -OCH3 is 2. The maximum atomic E-state index is 12.7. The number of esters is 1. The first-order chi connectivity index (χ1) is 16.0. The number of nitrogens with one attached hydrogen (secondary N) is 1. The van der Waals surface area contributed by atoms with Gasteiger partial charge in [0.2, 0.25) is 0 Å². The van der Waals surface area contributed by atoms with E-state index in [-0.39, 0.29) is 23.8 Å². The van der Waals surface area contributed by atoms with Gasteiger partial charge in [-0.25, -0.2) is 4.79 Å². The quantitative estimate of drug-likeness (QED) is 0.497. The fourth-order valence-corrected chi connectivity index (χ4v) is 3.12. The van der Waals surface area contributed by atoms with Crippen LogP contribution in [0.1, 0.15) is 26.5 Å². The number of hydrogen-bond acceptors (Lipinski definition) is 7. The van der Waals surface area contributed by atoms with Gasteiger partial charge < -0.3 is 28.8 Å². The van der Waals surface area contributed by atoms with Gasteiger partial charge in [-0.3, -0.25) is 9.59 Å². The van der Waals surface area contributed by atoms with Crippen molar-refractivity contribution < 1.29 is 33.0 Å². The predicted molar refractivity (Wildman–Crippen MR) is 120 cm³/mol. The molecule has 0 radical (unpaired) electrons. The second-order valence-electron chi connectivity index (χ2n) is 6.85. The fourth-order valence-electron chi connectivity index (χ4n) is 3.12. The van der Waals surface area contributed by atoms with E-state index in [0.29, 0.717) is 22.8 Å². The largest absolute Gasteiger partial charge is 0.493 e. The molecule has 1 heterocycles. The highest BCUT2D eigenvalue weighted by molar-refractivity contribution is 6.05. The Morgan fingerprint density at radius 3 is 2.39 bits per heavy atom. The van der Waals surface area contributed by atoms with Gasteiger partial charge >= 0.3 is 5.97 Å². The summed E-state index contributed by atoms with van der Waals surface area (Å²) < 4.78 is 20.8. The average Bonchev–Trinajstić information content (AvgIpc) is 3.38. The van der Waals surface area contributed by atoms with Crippen molar-refractivity contribution in [3.63, 3.8) is 0 Å². The van der Waals surface area contributed by atoms with Crippen LogP contribution in [0.25, 0.3) is 0 Å². The number of amides is 2. The summed E-state index contributed by atoms with van der Waals surface area (Å²) in [5.74, 6) is -0.451. The summed E-state index contributed by atoms with van der Waals surface area (Å²) in [6, 6.07) is 14.9. The predicted octanol–water partition coefficient (Wildman–Crippen LogP) is 3.05. The van der Waals surface area contributed by atoms with Crippen molar-refractivity contribution in [1.82, 2.24) is 5.32 Å². The van der Waals surface area contributed by atoms with Gasteiger partial charge in [-0.05, 0) is 36.4 Å². The van der Waals surface area contributed by atoms with Crippen LogP contribution in [0.4, 0.5) is 5.69 Å². The van der Waals surface area contributed by atoms with Crippen molar-refractivity contribution in [2.75, 3.05) is 32.8 Å². The monoisotopic (exact) mass is 452 g/mol. The van der Waals surface area contributed by atoms with Crippen LogP contribution in [0.15, 0.2) is 65.3 Å². The molecule has 0 atom stereocenters. The van der Waals surface area contributed by atoms with Gasteiger partial charge in [0.25, 0.3) is 11.8 Å². The topological polar surface area (TPSA) is 107 Å². The number of ether oxygens (including phenoxy) is 3. The molecular weight excluding hydrogens is 428 g/mol. The highest BCUT2D eigenvalue weighted by atomic mass is 16.5. The summed E-state index contributed by atoms with van der Waals surface area (Å²) in [5.41, 5.74) is 0.792. The van der Waals surface area contributed by atoms with E-state index in [9.17, 15) is 14.4 Å². The molecule has 0 fully saturated rings. The molecule has 0 aliphatic heterocycles. The lowest BCUT2D eigenvalue weighted by atomic mass is 10.1. The van der Waals surface area contributed by atoms with E-state index < -0.39 is 18.5 Å². The number of nitrogens with zero attached hydrogens (tertiary/aromatic N) is 1. The van der Waals surface area contributed by atoms with E-state index in [1.54, 1.807) is 48.5 Å². The maximum Gasteiger partial charge on any atom is 0.342 e.